The Morgan fingerprint density at radius 3 is 2.33 bits per heavy atom. The highest BCUT2D eigenvalue weighted by atomic mass is 16.5. The molecule has 98 valence electrons. The van der Waals surface area contributed by atoms with Crippen LogP contribution in [0.3, 0.4) is 0 Å². The highest BCUT2D eigenvalue weighted by Gasteiger charge is 2.47. The van der Waals surface area contributed by atoms with Gasteiger partial charge in [-0.05, 0) is 30.7 Å². The molecule has 1 aliphatic carbocycles. The van der Waals surface area contributed by atoms with E-state index in [1.165, 1.54) is 0 Å². The first-order valence-corrected chi connectivity index (χ1v) is 6.54. The molecule has 1 unspecified atom stereocenters. The van der Waals surface area contributed by atoms with Crippen LogP contribution in [0.25, 0.3) is 0 Å². The summed E-state index contributed by atoms with van der Waals surface area (Å²) in [5.41, 5.74) is -0.480. The molecular formula is C15H20O3. The second-order valence-corrected chi connectivity index (χ2v) is 5.23. The molecule has 1 fully saturated rings. The van der Waals surface area contributed by atoms with Crippen molar-refractivity contribution in [1.82, 2.24) is 0 Å². The molecule has 3 heteroatoms. The molecule has 18 heavy (non-hydrogen) atoms. The minimum absolute atomic E-state index is 0.0868. The summed E-state index contributed by atoms with van der Waals surface area (Å²) in [6.07, 6.45) is 3.15. The van der Waals surface area contributed by atoms with Gasteiger partial charge in [0, 0.05) is 0 Å². The summed E-state index contributed by atoms with van der Waals surface area (Å²) in [5.74, 6) is -1.01. The van der Waals surface area contributed by atoms with Crippen molar-refractivity contribution < 1.29 is 14.6 Å². The van der Waals surface area contributed by atoms with E-state index < -0.39 is 11.6 Å². The van der Waals surface area contributed by atoms with Crippen LogP contribution in [0.4, 0.5) is 0 Å². The number of benzene rings is 1. The van der Waals surface area contributed by atoms with Crippen molar-refractivity contribution in [3.05, 3.63) is 35.9 Å². The Labute approximate surface area is 108 Å². The van der Waals surface area contributed by atoms with E-state index >= 15 is 0 Å². The Hall–Kier alpha value is -1.35. The Bertz CT molecular complexity index is 409. The zero-order chi connectivity index (χ0) is 13.2. The molecule has 3 nitrogen and oxygen atoms in total. The molecule has 0 heterocycles. The SMILES string of the molecule is CC(C)C(OC1CCC1)(C(=O)O)c1ccccc1. The molecule has 1 aliphatic rings. The van der Waals surface area contributed by atoms with Crippen LogP contribution >= 0.6 is 0 Å². The third-order valence-electron chi connectivity index (χ3n) is 3.74. The number of carboxylic acids is 1. The first kappa shape index (κ1) is 13.1. The van der Waals surface area contributed by atoms with E-state index in [9.17, 15) is 9.90 Å². The minimum atomic E-state index is -1.22. The summed E-state index contributed by atoms with van der Waals surface area (Å²) in [6.45, 7) is 3.81. The van der Waals surface area contributed by atoms with Crippen LogP contribution in [0.2, 0.25) is 0 Å². The molecule has 1 aromatic rings. The minimum Gasteiger partial charge on any atom is -0.479 e. The van der Waals surface area contributed by atoms with E-state index in [1.807, 2.05) is 44.2 Å². The summed E-state index contributed by atoms with van der Waals surface area (Å²) in [4.78, 5) is 11.8. The fourth-order valence-electron chi connectivity index (χ4n) is 2.40. The van der Waals surface area contributed by atoms with Crippen molar-refractivity contribution in [3.8, 4) is 0 Å². The summed E-state index contributed by atoms with van der Waals surface area (Å²) in [6, 6.07) is 9.29. The standard InChI is InChI=1S/C15H20O3/c1-11(2)15(14(16)17,18-13-9-6-10-13)12-7-4-3-5-8-12/h3-5,7-8,11,13H,6,9-10H2,1-2H3,(H,16,17). The molecule has 0 bridgehead atoms. The zero-order valence-corrected chi connectivity index (χ0v) is 10.9. The van der Waals surface area contributed by atoms with Crippen LogP contribution in [0.15, 0.2) is 30.3 Å². The van der Waals surface area contributed by atoms with Gasteiger partial charge in [-0.3, -0.25) is 0 Å². The van der Waals surface area contributed by atoms with Gasteiger partial charge in [0.25, 0.3) is 0 Å². The molecule has 0 aromatic heterocycles. The molecule has 2 rings (SSSR count). The first-order chi connectivity index (χ1) is 8.57. The maximum atomic E-state index is 11.8. The van der Waals surface area contributed by atoms with Gasteiger partial charge >= 0.3 is 5.97 Å². The first-order valence-electron chi connectivity index (χ1n) is 6.54. The number of carbonyl (C=O) groups is 1. The average Bonchev–Trinajstić information content (AvgIpc) is 2.28. The van der Waals surface area contributed by atoms with Crippen molar-refractivity contribution >= 4 is 5.97 Å². The average molecular weight is 248 g/mol. The van der Waals surface area contributed by atoms with Gasteiger partial charge in [0.15, 0.2) is 5.60 Å². The van der Waals surface area contributed by atoms with Crippen LogP contribution in [0, 0.1) is 5.92 Å². The van der Waals surface area contributed by atoms with Crippen LogP contribution < -0.4 is 0 Å². The van der Waals surface area contributed by atoms with Gasteiger partial charge in [0.1, 0.15) is 0 Å². The van der Waals surface area contributed by atoms with E-state index in [0.717, 1.165) is 24.8 Å². The molecule has 1 N–H and O–H groups in total. The van der Waals surface area contributed by atoms with Crippen LogP contribution in [-0.2, 0) is 15.1 Å². The molecule has 0 radical (unpaired) electrons. The highest BCUT2D eigenvalue weighted by molar-refractivity contribution is 5.80. The van der Waals surface area contributed by atoms with E-state index in [0.29, 0.717) is 0 Å². The summed E-state index contributed by atoms with van der Waals surface area (Å²) in [7, 11) is 0. The lowest BCUT2D eigenvalue weighted by Crippen LogP contribution is -2.47. The fourth-order valence-corrected chi connectivity index (χ4v) is 2.40. The second kappa shape index (κ2) is 5.11. The van der Waals surface area contributed by atoms with Gasteiger partial charge in [-0.25, -0.2) is 4.79 Å². The Balaban J connectivity index is 2.39. The van der Waals surface area contributed by atoms with Gasteiger partial charge < -0.3 is 9.84 Å². The number of rotatable bonds is 5. The Kier molecular flexibility index (Phi) is 3.71. The van der Waals surface area contributed by atoms with E-state index in [1.54, 1.807) is 0 Å². The van der Waals surface area contributed by atoms with Gasteiger partial charge in [-0.15, -0.1) is 0 Å². The summed E-state index contributed by atoms with van der Waals surface area (Å²) in [5, 5.41) is 9.69. The van der Waals surface area contributed by atoms with Crippen LogP contribution in [0.1, 0.15) is 38.7 Å². The lowest BCUT2D eigenvalue weighted by atomic mass is 9.82. The number of hydrogen-bond donors (Lipinski definition) is 1. The van der Waals surface area contributed by atoms with Crippen LogP contribution in [-0.4, -0.2) is 17.2 Å². The summed E-state index contributed by atoms with van der Waals surface area (Å²) < 4.78 is 5.98. The predicted octanol–water partition coefficient (Wildman–Crippen LogP) is 3.19. The molecule has 1 saturated carbocycles. The van der Waals surface area contributed by atoms with Crippen molar-refractivity contribution in [2.45, 2.75) is 44.8 Å². The van der Waals surface area contributed by atoms with Crippen molar-refractivity contribution in [2.75, 3.05) is 0 Å². The highest BCUT2D eigenvalue weighted by Crippen LogP contribution is 2.39. The van der Waals surface area contributed by atoms with Gasteiger partial charge in [-0.1, -0.05) is 44.2 Å². The van der Waals surface area contributed by atoms with Crippen molar-refractivity contribution in [1.29, 1.82) is 0 Å². The van der Waals surface area contributed by atoms with Gasteiger partial charge in [-0.2, -0.15) is 0 Å². The normalized spacial score (nSPS) is 19.3. The third-order valence-corrected chi connectivity index (χ3v) is 3.74. The molecule has 1 aromatic carbocycles. The fraction of sp³-hybridized carbons (Fsp3) is 0.533. The Morgan fingerprint density at radius 2 is 1.94 bits per heavy atom. The molecule has 0 spiro atoms. The molecule has 0 aliphatic heterocycles. The number of aliphatic carboxylic acids is 1. The number of hydrogen-bond acceptors (Lipinski definition) is 2. The quantitative estimate of drug-likeness (QED) is 0.870. The number of ether oxygens (including phenoxy) is 1. The maximum Gasteiger partial charge on any atom is 0.340 e. The maximum absolute atomic E-state index is 11.8. The summed E-state index contributed by atoms with van der Waals surface area (Å²) >= 11 is 0. The largest absolute Gasteiger partial charge is 0.479 e. The molecule has 1 atom stereocenters. The van der Waals surface area contributed by atoms with E-state index in [4.69, 9.17) is 4.74 Å². The lowest BCUT2D eigenvalue weighted by Gasteiger charge is -2.40. The van der Waals surface area contributed by atoms with Crippen molar-refractivity contribution in [2.24, 2.45) is 5.92 Å². The monoisotopic (exact) mass is 248 g/mol. The Morgan fingerprint density at radius 1 is 1.33 bits per heavy atom. The topological polar surface area (TPSA) is 46.5 Å². The van der Waals surface area contributed by atoms with Gasteiger partial charge in [0.2, 0.25) is 0 Å². The number of carboxylic acid groups (broad SMARTS) is 1. The smallest absolute Gasteiger partial charge is 0.340 e. The molecule has 0 saturated heterocycles. The van der Waals surface area contributed by atoms with E-state index in [-0.39, 0.29) is 12.0 Å². The lowest BCUT2D eigenvalue weighted by molar-refractivity contribution is -0.193. The van der Waals surface area contributed by atoms with Crippen LogP contribution in [0.5, 0.6) is 0 Å². The van der Waals surface area contributed by atoms with Gasteiger partial charge in [0.05, 0.1) is 6.10 Å². The second-order valence-electron chi connectivity index (χ2n) is 5.23. The van der Waals surface area contributed by atoms with Crippen molar-refractivity contribution in [3.63, 3.8) is 0 Å². The molecular weight excluding hydrogens is 228 g/mol. The third kappa shape index (κ3) is 2.15. The molecule has 0 amide bonds. The van der Waals surface area contributed by atoms with E-state index in [2.05, 4.69) is 0 Å². The predicted molar refractivity (Wildman–Crippen MR) is 69.3 cm³/mol. The zero-order valence-electron chi connectivity index (χ0n) is 10.9.